The zero-order valence-electron chi connectivity index (χ0n) is 8.36. The highest BCUT2D eigenvalue weighted by atomic mass is 79.9. The molecule has 1 aliphatic rings. The van der Waals surface area contributed by atoms with E-state index in [9.17, 15) is 5.11 Å². The topological polar surface area (TPSA) is 51.6 Å². The molecule has 1 aromatic rings. The summed E-state index contributed by atoms with van der Waals surface area (Å²) in [5.41, 5.74) is 0.190. The summed E-state index contributed by atoms with van der Waals surface area (Å²) >= 11 is 3.25. The van der Waals surface area contributed by atoms with Crippen molar-refractivity contribution in [1.82, 2.24) is 4.98 Å². The molecule has 0 spiro atoms. The number of methoxy groups -OCH3 is 1. The number of aromatic nitrogens is 1. The van der Waals surface area contributed by atoms with Gasteiger partial charge in [-0.05, 0) is 15.9 Å². The molecule has 15 heavy (non-hydrogen) atoms. The molecule has 0 saturated carbocycles. The first-order chi connectivity index (χ1) is 7.16. The molecule has 2 rings (SSSR count). The molecule has 1 aliphatic heterocycles. The van der Waals surface area contributed by atoms with E-state index in [0.29, 0.717) is 23.5 Å². The molecule has 1 fully saturated rings. The SMILES string of the molecule is CO[C@]1(c2cc(O)cc(Br)n2)CCOC1. The quantitative estimate of drug-likeness (QED) is 0.836. The minimum Gasteiger partial charge on any atom is -0.508 e. The summed E-state index contributed by atoms with van der Waals surface area (Å²) in [7, 11) is 1.63. The Morgan fingerprint density at radius 1 is 1.60 bits per heavy atom. The third-order valence-corrected chi connectivity index (χ3v) is 3.03. The predicted octanol–water partition coefficient (Wildman–Crippen LogP) is 1.81. The molecule has 1 N–H and O–H groups in total. The maximum absolute atomic E-state index is 9.50. The molecule has 0 bridgehead atoms. The highest BCUT2D eigenvalue weighted by molar-refractivity contribution is 9.10. The summed E-state index contributed by atoms with van der Waals surface area (Å²) in [4.78, 5) is 4.31. The molecule has 1 aromatic heterocycles. The van der Waals surface area contributed by atoms with Gasteiger partial charge in [0.25, 0.3) is 0 Å². The first kappa shape index (κ1) is 10.9. The molecular weight excluding hydrogens is 262 g/mol. The van der Waals surface area contributed by atoms with Gasteiger partial charge in [-0.2, -0.15) is 0 Å². The maximum Gasteiger partial charge on any atom is 0.135 e. The summed E-state index contributed by atoms with van der Waals surface area (Å²) in [6.07, 6.45) is 0.756. The van der Waals surface area contributed by atoms with Crippen molar-refractivity contribution in [1.29, 1.82) is 0 Å². The number of hydrogen-bond donors (Lipinski definition) is 1. The molecule has 82 valence electrons. The van der Waals surface area contributed by atoms with Gasteiger partial charge in [-0.1, -0.05) is 0 Å². The Hall–Kier alpha value is -0.650. The summed E-state index contributed by atoms with van der Waals surface area (Å²) < 4.78 is 11.4. The molecule has 2 heterocycles. The van der Waals surface area contributed by atoms with Crippen LogP contribution in [0.15, 0.2) is 16.7 Å². The van der Waals surface area contributed by atoms with Gasteiger partial charge >= 0.3 is 0 Å². The molecule has 0 radical (unpaired) electrons. The van der Waals surface area contributed by atoms with Gasteiger partial charge in [0.15, 0.2) is 0 Å². The highest BCUT2D eigenvalue weighted by Gasteiger charge is 2.38. The second-order valence-corrected chi connectivity index (χ2v) is 4.35. The molecule has 1 saturated heterocycles. The Balaban J connectivity index is 2.42. The number of nitrogens with zero attached hydrogens (tertiary/aromatic N) is 1. The second kappa shape index (κ2) is 4.08. The lowest BCUT2D eigenvalue weighted by Crippen LogP contribution is -2.29. The lowest BCUT2D eigenvalue weighted by Gasteiger charge is -2.25. The summed E-state index contributed by atoms with van der Waals surface area (Å²) in [5, 5.41) is 9.50. The van der Waals surface area contributed by atoms with Crippen LogP contribution in [0.4, 0.5) is 0 Å². The second-order valence-electron chi connectivity index (χ2n) is 3.53. The largest absolute Gasteiger partial charge is 0.508 e. The van der Waals surface area contributed by atoms with Gasteiger partial charge in [0.2, 0.25) is 0 Å². The molecule has 4 nitrogen and oxygen atoms in total. The highest BCUT2D eigenvalue weighted by Crippen LogP contribution is 2.34. The lowest BCUT2D eigenvalue weighted by molar-refractivity contribution is -0.0248. The first-order valence-corrected chi connectivity index (χ1v) is 5.45. The van der Waals surface area contributed by atoms with Gasteiger partial charge in [-0.25, -0.2) is 4.98 Å². The van der Waals surface area contributed by atoms with Crippen molar-refractivity contribution in [2.24, 2.45) is 0 Å². The van der Waals surface area contributed by atoms with Crippen molar-refractivity contribution >= 4 is 15.9 Å². The summed E-state index contributed by atoms with van der Waals surface area (Å²) in [6.45, 7) is 1.13. The summed E-state index contributed by atoms with van der Waals surface area (Å²) in [5.74, 6) is 0.176. The number of halogens is 1. The Morgan fingerprint density at radius 3 is 2.93 bits per heavy atom. The Kier molecular flexibility index (Phi) is 2.95. The van der Waals surface area contributed by atoms with E-state index < -0.39 is 5.60 Å². The number of hydrogen-bond acceptors (Lipinski definition) is 4. The van der Waals surface area contributed by atoms with Crippen LogP contribution in [0.2, 0.25) is 0 Å². The van der Waals surface area contributed by atoms with Crippen LogP contribution in [0.25, 0.3) is 0 Å². The third kappa shape index (κ3) is 2.00. The third-order valence-electron chi connectivity index (χ3n) is 2.62. The number of rotatable bonds is 2. The van der Waals surface area contributed by atoms with E-state index in [2.05, 4.69) is 20.9 Å². The van der Waals surface area contributed by atoms with E-state index in [1.54, 1.807) is 19.2 Å². The summed E-state index contributed by atoms with van der Waals surface area (Å²) in [6, 6.07) is 3.16. The van der Waals surface area contributed by atoms with Crippen molar-refractivity contribution in [2.45, 2.75) is 12.0 Å². The van der Waals surface area contributed by atoms with Gasteiger partial charge in [-0.15, -0.1) is 0 Å². The average molecular weight is 274 g/mol. The van der Waals surface area contributed by atoms with Gasteiger partial charge < -0.3 is 14.6 Å². The van der Waals surface area contributed by atoms with Crippen molar-refractivity contribution < 1.29 is 14.6 Å². The van der Waals surface area contributed by atoms with E-state index in [1.807, 2.05) is 0 Å². The zero-order valence-corrected chi connectivity index (χ0v) is 9.95. The van der Waals surface area contributed by atoms with Gasteiger partial charge in [0.1, 0.15) is 16.0 Å². The maximum atomic E-state index is 9.50. The van der Waals surface area contributed by atoms with Crippen LogP contribution in [-0.4, -0.2) is 30.4 Å². The molecule has 0 unspecified atom stereocenters. The average Bonchev–Trinajstić information content (AvgIpc) is 2.65. The fourth-order valence-electron chi connectivity index (χ4n) is 1.73. The monoisotopic (exact) mass is 273 g/mol. The lowest BCUT2D eigenvalue weighted by atomic mass is 9.98. The molecule has 0 aliphatic carbocycles. The van der Waals surface area contributed by atoms with Gasteiger partial charge in [0, 0.05) is 32.3 Å². The fourth-order valence-corrected chi connectivity index (χ4v) is 2.16. The normalized spacial score (nSPS) is 25.7. The smallest absolute Gasteiger partial charge is 0.135 e. The van der Waals surface area contributed by atoms with Crippen molar-refractivity contribution in [3.63, 3.8) is 0 Å². The number of ether oxygens (including phenoxy) is 2. The van der Waals surface area contributed by atoms with Crippen molar-refractivity contribution in [3.05, 3.63) is 22.4 Å². The zero-order chi connectivity index (χ0) is 10.9. The Morgan fingerprint density at radius 2 is 2.40 bits per heavy atom. The molecule has 0 amide bonds. The predicted molar refractivity (Wildman–Crippen MR) is 57.7 cm³/mol. The van der Waals surface area contributed by atoms with Crippen LogP contribution in [0, 0.1) is 0 Å². The molecule has 0 aromatic carbocycles. The van der Waals surface area contributed by atoms with Crippen molar-refractivity contribution in [3.8, 4) is 5.75 Å². The van der Waals surface area contributed by atoms with E-state index in [1.165, 1.54) is 0 Å². The van der Waals surface area contributed by atoms with E-state index in [0.717, 1.165) is 6.42 Å². The standard InChI is InChI=1S/C10H12BrNO3/c1-14-10(2-3-15-6-10)8-4-7(13)5-9(11)12-8/h4-5H,2-3,6H2,1H3,(H,12,13)/t10-/m1/s1. The van der Waals surface area contributed by atoms with Crippen LogP contribution >= 0.6 is 15.9 Å². The minimum atomic E-state index is -0.513. The van der Waals surface area contributed by atoms with Crippen LogP contribution in [0.5, 0.6) is 5.75 Å². The molecular formula is C10H12BrNO3. The van der Waals surface area contributed by atoms with Crippen LogP contribution in [0.1, 0.15) is 12.1 Å². The van der Waals surface area contributed by atoms with E-state index in [-0.39, 0.29) is 5.75 Å². The Bertz CT molecular complexity index is 343. The molecule has 1 atom stereocenters. The van der Waals surface area contributed by atoms with Gasteiger partial charge in [0.05, 0.1) is 12.3 Å². The van der Waals surface area contributed by atoms with Crippen LogP contribution in [0.3, 0.4) is 0 Å². The number of aromatic hydroxyl groups is 1. The minimum absolute atomic E-state index is 0.176. The van der Waals surface area contributed by atoms with E-state index >= 15 is 0 Å². The van der Waals surface area contributed by atoms with Crippen LogP contribution < -0.4 is 0 Å². The van der Waals surface area contributed by atoms with E-state index in [4.69, 9.17) is 9.47 Å². The molecule has 5 heteroatoms. The number of pyridine rings is 1. The first-order valence-electron chi connectivity index (χ1n) is 4.66. The van der Waals surface area contributed by atoms with Crippen molar-refractivity contribution in [2.75, 3.05) is 20.3 Å². The fraction of sp³-hybridized carbons (Fsp3) is 0.500. The van der Waals surface area contributed by atoms with Gasteiger partial charge in [-0.3, -0.25) is 0 Å². The van der Waals surface area contributed by atoms with Crippen LogP contribution in [-0.2, 0) is 15.1 Å². The Labute approximate surface area is 96.4 Å².